The molecule has 15 heteroatoms. The van der Waals surface area contributed by atoms with Gasteiger partial charge in [0, 0.05) is 25.4 Å². The van der Waals surface area contributed by atoms with Crippen molar-refractivity contribution in [3.63, 3.8) is 0 Å². The van der Waals surface area contributed by atoms with E-state index in [0.717, 1.165) is 0 Å². The van der Waals surface area contributed by atoms with Crippen molar-refractivity contribution in [1.82, 2.24) is 36.1 Å². The number of amides is 5. The molecule has 15 nitrogen and oxygen atoms in total. The van der Waals surface area contributed by atoms with Crippen LogP contribution < -0.4 is 21.3 Å². The van der Waals surface area contributed by atoms with Gasteiger partial charge in [-0.2, -0.15) is 0 Å². The van der Waals surface area contributed by atoms with E-state index < -0.39 is 77.4 Å². The molecule has 1 aliphatic heterocycles. The summed E-state index contributed by atoms with van der Waals surface area (Å²) in [5.74, 6) is -7.06. The van der Waals surface area contributed by atoms with Gasteiger partial charge in [0.25, 0.3) is 11.8 Å². The lowest BCUT2D eigenvalue weighted by molar-refractivity contribution is -0.146. The predicted molar refractivity (Wildman–Crippen MR) is 190 cm³/mol. The van der Waals surface area contributed by atoms with Crippen LogP contribution in [-0.4, -0.2) is 98.0 Å². The van der Waals surface area contributed by atoms with Gasteiger partial charge >= 0.3 is 5.97 Å². The molecule has 0 saturated carbocycles. The number of carboxylic acid groups (broad SMARTS) is 1. The zero-order valence-electron chi connectivity index (χ0n) is 30.8. The quantitative estimate of drug-likeness (QED) is 0.148. The molecule has 1 fully saturated rings. The highest BCUT2D eigenvalue weighted by Gasteiger charge is 2.47. The van der Waals surface area contributed by atoms with E-state index in [2.05, 4.69) is 31.2 Å². The van der Waals surface area contributed by atoms with Crippen LogP contribution in [0.25, 0.3) is 0 Å². The maximum atomic E-state index is 14.2. The smallest absolute Gasteiger partial charge is 0.326 e. The van der Waals surface area contributed by atoms with Crippen molar-refractivity contribution in [3.8, 4) is 0 Å². The molecule has 1 saturated heterocycles. The second-order valence-corrected chi connectivity index (χ2v) is 14.1. The van der Waals surface area contributed by atoms with E-state index in [1.807, 2.05) is 13.8 Å². The SMILES string of the molecule is CCCC(NC(=O)C1[C@@H](C)[C@@H](C)CN1C(=O)[C@@H](NC(=O)[C@@H](NC(=O)c1cnccn1)C(C)C)C(C)C)C(=O)C(=O)N[C@@H](Cc1ccccc1)C(=O)O. The molecule has 0 aliphatic carbocycles. The maximum Gasteiger partial charge on any atom is 0.326 e. The fourth-order valence-corrected chi connectivity index (χ4v) is 6.15. The van der Waals surface area contributed by atoms with Crippen molar-refractivity contribution in [1.29, 1.82) is 0 Å². The molecule has 0 bridgehead atoms. The van der Waals surface area contributed by atoms with Crippen LogP contribution in [0, 0.1) is 23.7 Å². The summed E-state index contributed by atoms with van der Waals surface area (Å²) < 4.78 is 0. The van der Waals surface area contributed by atoms with Gasteiger partial charge in [0.05, 0.1) is 12.2 Å². The number of nitrogens with one attached hydrogen (secondary N) is 4. The Morgan fingerprint density at radius 1 is 0.865 bits per heavy atom. The van der Waals surface area contributed by atoms with Gasteiger partial charge in [-0.25, -0.2) is 9.78 Å². The number of ketones is 1. The Morgan fingerprint density at radius 3 is 2.08 bits per heavy atom. The minimum atomic E-state index is -1.38. The number of likely N-dealkylation sites (tertiary alicyclic amines) is 1. The van der Waals surface area contributed by atoms with E-state index in [-0.39, 0.29) is 42.8 Å². The molecule has 7 atom stereocenters. The first kappa shape index (κ1) is 41.2. The lowest BCUT2D eigenvalue weighted by Crippen LogP contribution is -2.60. The summed E-state index contributed by atoms with van der Waals surface area (Å²) in [5.41, 5.74) is 0.676. The van der Waals surface area contributed by atoms with Gasteiger partial charge in [0.1, 0.15) is 29.9 Å². The van der Waals surface area contributed by atoms with Crippen molar-refractivity contribution in [2.45, 2.75) is 97.9 Å². The van der Waals surface area contributed by atoms with Crippen LogP contribution >= 0.6 is 0 Å². The Bertz CT molecular complexity index is 1590. The molecule has 1 aliphatic rings. The lowest BCUT2D eigenvalue weighted by Gasteiger charge is -2.33. The molecule has 2 aromatic rings. The van der Waals surface area contributed by atoms with Gasteiger partial charge in [-0.1, -0.05) is 85.2 Å². The van der Waals surface area contributed by atoms with Gasteiger partial charge < -0.3 is 31.3 Å². The first-order chi connectivity index (χ1) is 24.6. The van der Waals surface area contributed by atoms with Gasteiger partial charge in [-0.3, -0.25) is 33.8 Å². The molecular formula is C37H51N7O8. The zero-order chi connectivity index (χ0) is 38.7. The fourth-order valence-electron chi connectivity index (χ4n) is 6.15. The number of aliphatic carboxylic acids is 1. The van der Waals surface area contributed by atoms with E-state index in [1.54, 1.807) is 65.0 Å². The number of carboxylic acids is 1. The fraction of sp³-hybridized carbons (Fsp3) is 0.541. The molecular weight excluding hydrogens is 670 g/mol. The standard InChI is InChI=1S/C37H51N7O8/c1-8-12-25(31(45)35(49)41-26(37(51)52)17-24-13-10-9-11-14-24)40-34(48)30-23(7)22(6)19-44(30)36(50)29(21(4)5)43-33(47)28(20(2)3)42-32(46)27-18-38-15-16-39-27/h9-11,13-16,18,20-23,25-26,28-30H,8,12,17,19H2,1-7H3,(H,40,48)(H,41,49)(H,42,46)(H,43,47)(H,51,52)/t22-,23-,25?,26-,28-,29-,30?/m0/s1. The topological polar surface area (TPSA) is 217 Å². The highest BCUT2D eigenvalue weighted by atomic mass is 16.4. The number of Topliss-reactive ketones (excluding diaryl/α,β-unsaturated/α-hetero) is 1. The molecule has 1 aromatic heterocycles. The van der Waals surface area contributed by atoms with Crippen molar-refractivity contribution in [3.05, 3.63) is 60.2 Å². The lowest BCUT2D eigenvalue weighted by atomic mass is 9.93. The second-order valence-electron chi connectivity index (χ2n) is 14.1. The minimum Gasteiger partial charge on any atom is -0.480 e. The van der Waals surface area contributed by atoms with Crippen LogP contribution in [0.3, 0.4) is 0 Å². The molecule has 0 radical (unpaired) electrons. The molecule has 282 valence electrons. The number of carbonyl (C=O) groups is 7. The van der Waals surface area contributed by atoms with Crippen LogP contribution in [0.1, 0.15) is 77.4 Å². The summed E-state index contributed by atoms with van der Waals surface area (Å²) in [4.78, 5) is 102. The molecule has 5 N–H and O–H groups in total. The molecule has 0 spiro atoms. The average Bonchev–Trinajstić information content (AvgIpc) is 3.41. The third kappa shape index (κ3) is 10.7. The van der Waals surface area contributed by atoms with Crippen LogP contribution in [0.15, 0.2) is 48.9 Å². The van der Waals surface area contributed by atoms with Crippen LogP contribution in [-0.2, 0) is 35.2 Å². The van der Waals surface area contributed by atoms with Gasteiger partial charge in [0.15, 0.2) is 0 Å². The van der Waals surface area contributed by atoms with Crippen LogP contribution in [0.5, 0.6) is 0 Å². The summed E-state index contributed by atoms with van der Waals surface area (Å²) in [6.07, 6.45) is 4.51. The Hall–Kier alpha value is -5.21. The van der Waals surface area contributed by atoms with Crippen molar-refractivity contribution >= 4 is 41.3 Å². The largest absolute Gasteiger partial charge is 0.480 e. The Morgan fingerprint density at radius 2 is 1.52 bits per heavy atom. The van der Waals surface area contributed by atoms with Gasteiger partial charge in [-0.15, -0.1) is 0 Å². The summed E-state index contributed by atoms with van der Waals surface area (Å²) >= 11 is 0. The van der Waals surface area contributed by atoms with Crippen LogP contribution in [0.2, 0.25) is 0 Å². The van der Waals surface area contributed by atoms with Gasteiger partial charge in [0.2, 0.25) is 23.5 Å². The zero-order valence-corrected chi connectivity index (χ0v) is 30.8. The molecule has 1 aromatic carbocycles. The molecule has 52 heavy (non-hydrogen) atoms. The Kier molecular flexibility index (Phi) is 14.9. The normalized spacial score (nSPS) is 19.2. The number of aromatic nitrogens is 2. The van der Waals surface area contributed by atoms with Crippen LogP contribution in [0.4, 0.5) is 0 Å². The number of nitrogens with zero attached hydrogens (tertiary/aromatic N) is 3. The van der Waals surface area contributed by atoms with Crippen molar-refractivity contribution in [2.24, 2.45) is 23.7 Å². The Labute approximate surface area is 304 Å². The number of benzene rings is 1. The maximum absolute atomic E-state index is 14.2. The van der Waals surface area contributed by atoms with E-state index >= 15 is 0 Å². The molecule has 2 heterocycles. The first-order valence-corrected chi connectivity index (χ1v) is 17.7. The summed E-state index contributed by atoms with van der Waals surface area (Å²) in [7, 11) is 0. The van der Waals surface area contributed by atoms with E-state index in [1.165, 1.54) is 23.5 Å². The number of hydrogen-bond acceptors (Lipinski definition) is 9. The highest BCUT2D eigenvalue weighted by molar-refractivity contribution is 6.38. The average molecular weight is 722 g/mol. The number of rotatable bonds is 17. The van der Waals surface area contributed by atoms with Crippen molar-refractivity contribution in [2.75, 3.05) is 6.54 Å². The number of carbonyl (C=O) groups excluding carboxylic acids is 6. The monoisotopic (exact) mass is 721 g/mol. The molecule has 5 amide bonds. The highest BCUT2D eigenvalue weighted by Crippen LogP contribution is 2.31. The molecule has 2 unspecified atom stereocenters. The molecule has 3 rings (SSSR count). The summed E-state index contributed by atoms with van der Waals surface area (Å²) in [5, 5.41) is 20.2. The summed E-state index contributed by atoms with van der Waals surface area (Å²) in [6.45, 7) is 12.7. The van der Waals surface area contributed by atoms with Gasteiger partial charge in [-0.05, 0) is 35.7 Å². The number of hydrogen-bond donors (Lipinski definition) is 5. The minimum absolute atomic E-state index is 0.0255. The Balaban J connectivity index is 1.77. The first-order valence-electron chi connectivity index (χ1n) is 17.7. The second kappa shape index (κ2) is 18.9. The predicted octanol–water partition coefficient (Wildman–Crippen LogP) is 1.52. The van der Waals surface area contributed by atoms with E-state index in [4.69, 9.17) is 0 Å². The van der Waals surface area contributed by atoms with Crippen molar-refractivity contribution < 1.29 is 38.7 Å². The third-order valence-electron chi connectivity index (χ3n) is 9.35. The van der Waals surface area contributed by atoms with E-state index in [9.17, 15) is 38.7 Å². The third-order valence-corrected chi connectivity index (χ3v) is 9.35. The summed E-state index contributed by atoms with van der Waals surface area (Å²) in [6, 6.07) is 2.89. The van der Waals surface area contributed by atoms with E-state index in [0.29, 0.717) is 12.0 Å².